The molecular formula is C14H10Cl2F2N2O3. The van der Waals surface area contributed by atoms with Gasteiger partial charge in [-0.05, 0) is 13.0 Å². The smallest absolute Gasteiger partial charge is 0.356 e. The molecule has 1 aromatic carbocycles. The predicted molar refractivity (Wildman–Crippen MR) is 82.3 cm³/mol. The number of hydrogen-bond acceptors (Lipinski definition) is 4. The maximum absolute atomic E-state index is 14.5. The van der Waals surface area contributed by atoms with Gasteiger partial charge in [0.1, 0.15) is 5.69 Å². The Balaban J connectivity index is 2.88. The van der Waals surface area contributed by atoms with Crippen molar-refractivity contribution in [2.45, 2.75) is 6.92 Å². The van der Waals surface area contributed by atoms with Gasteiger partial charge in [0, 0.05) is 16.1 Å². The average Bonchev–Trinajstić information content (AvgIpc) is 2.49. The molecule has 0 aliphatic rings. The van der Waals surface area contributed by atoms with Crippen LogP contribution in [-0.4, -0.2) is 23.2 Å². The first-order valence-electron chi connectivity index (χ1n) is 6.11. The molecule has 0 aliphatic heterocycles. The zero-order chi connectivity index (χ0) is 17.5. The van der Waals surface area contributed by atoms with Gasteiger partial charge < -0.3 is 15.6 Å². The Labute approximate surface area is 139 Å². The fraction of sp³-hybridized carbons (Fsp3) is 0.143. The highest BCUT2D eigenvalue weighted by Gasteiger charge is 2.26. The molecule has 5 nitrogen and oxygen atoms in total. The molecule has 0 saturated carbocycles. The standard InChI is InChI=1S/C14H10Cl2F2N2O3/c1-4-6(15)3-5(8(17)13(4)23-2)11-9(18)10(19)7(16)12(20-11)14(21)22/h3H,1-2H3,(H2,19,20)(H,21,22). The molecule has 0 amide bonds. The molecular weight excluding hydrogens is 353 g/mol. The molecule has 2 rings (SSSR count). The number of ether oxygens (including phenoxy) is 1. The number of carbonyl (C=O) groups is 1. The zero-order valence-electron chi connectivity index (χ0n) is 11.9. The molecule has 0 unspecified atom stereocenters. The minimum atomic E-state index is -1.53. The molecule has 0 fully saturated rings. The number of rotatable bonds is 3. The number of carboxylic acids is 1. The second-order valence-corrected chi connectivity index (χ2v) is 5.32. The van der Waals surface area contributed by atoms with Crippen LogP contribution in [0.15, 0.2) is 6.07 Å². The van der Waals surface area contributed by atoms with Gasteiger partial charge in [0.25, 0.3) is 0 Å². The first-order valence-corrected chi connectivity index (χ1v) is 6.87. The van der Waals surface area contributed by atoms with E-state index in [0.717, 1.165) is 6.07 Å². The minimum Gasteiger partial charge on any atom is -0.493 e. The predicted octanol–water partition coefficient (Wildman–Crippen LogP) is 3.93. The summed E-state index contributed by atoms with van der Waals surface area (Å²) in [5.74, 6) is -3.84. The lowest BCUT2D eigenvalue weighted by Crippen LogP contribution is -2.09. The Bertz CT molecular complexity index is 829. The van der Waals surface area contributed by atoms with E-state index in [0.29, 0.717) is 5.56 Å². The van der Waals surface area contributed by atoms with Crippen molar-refractivity contribution in [1.82, 2.24) is 4.98 Å². The Hall–Kier alpha value is -2.12. The van der Waals surface area contributed by atoms with Gasteiger partial charge in [-0.1, -0.05) is 23.2 Å². The number of hydrogen-bond donors (Lipinski definition) is 2. The largest absolute Gasteiger partial charge is 0.493 e. The molecule has 0 atom stereocenters. The summed E-state index contributed by atoms with van der Waals surface area (Å²) in [5.41, 5.74) is 3.39. The molecule has 0 spiro atoms. The van der Waals surface area contributed by atoms with E-state index in [9.17, 15) is 13.6 Å². The van der Waals surface area contributed by atoms with Crippen molar-refractivity contribution < 1.29 is 23.4 Å². The average molecular weight is 363 g/mol. The normalized spacial score (nSPS) is 10.7. The number of pyridine rings is 1. The van der Waals surface area contributed by atoms with Crippen LogP contribution >= 0.6 is 23.2 Å². The van der Waals surface area contributed by atoms with Gasteiger partial charge in [0.15, 0.2) is 23.1 Å². The van der Waals surface area contributed by atoms with Crippen LogP contribution in [-0.2, 0) is 0 Å². The van der Waals surface area contributed by atoms with Crippen molar-refractivity contribution in [1.29, 1.82) is 0 Å². The molecule has 122 valence electrons. The van der Waals surface area contributed by atoms with Crippen LogP contribution in [0.25, 0.3) is 11.3 Å². The van der Waals surface area contributed by atoms with E-state index in [2.05, 4.69) is 4.98 Å². The summed E-state index contributed by atoms with van der Waals surface area (Å²) >= 11 is 11.6. The number of methoxy groups -OCH3 is 1. The second kappa shape index (κ2) is 6.17. The SMILES string of the molecule is COc1c(C)c(Cl)cc(-c2nc(C(=O)O)c(Cl)c(N)c2F)c1F. The van der Waals surface area contributed by atoms with Gasteiger partial charge in [0.05, 0.1) is 17.8 Å². The van der Waals surface area contributed by atoms with E-state index in [4.69, 9.17) is 38.8 Å². The molecule has 9 heteroatoms. The topological polar surface area (TPSA) is 85.4 Å². The first kappa shape index (κ1) is 17.2. The van der Waals surface area contributed by atoms with Crippen LogP contribution in [0, 0.1) is 18.6 Å². The van der Waals surface area contributed by atoms with E-state index in [1.54, 1.807) is 0 Å². The highest BCUT2D eigenvalue weighted by Crippen LogP contribution is 2.39. The van der Waals surface area contributed by atoms with E-state index < -0.39 is 39.7 Å². The van der Waals surface area contributed by atoms with Crippen LogP contribution in [0.1, 0.15) is 16.1 Å². The van der Waals surface area contributed by atoms with Crippen LogP contribution in [0.3, 0.4) is 0 Å². The Morgan fingerprint density at radius 1 is 1.35 bits per heavy atom. The maximum atomic E-state index is 14.5. The molecule has 23 heavy (non-hydrogen) atoms. The first-order chi connectivity index (χ1) is 10.7. The molecule has 0 bridgehead atoms. The van der Waals surface area contributed by atoms with Gasteiger partial charge in [-0.15, -0.1) is 0 Å². The zero-order valence-corrected chi connectivity index (χ0v) is 13.4. The fourth-order valence-electron chi connectivity index (χ4n) is 1.99. The number of nitrogens with two attached hydrogens (primary N) is 1. The van der Waals surface area contributed by atoms with E-state index in [1.165, 1.54) is 14.0 Å². The summed E-state index contributed by atoms with van der Waals surface area (Å²) in [6.45, 7) is 1.51. The highest BCUT2D eigenvalue weighted by atomic mass is 35.5. The van der Waals surface area contributed by atoms with Crippen molar-refractivity contribution in [3.05, 3.63) is 39.0 Å². The van der Waals surface area contributed by atoms with Crippen molar-refractivity contribution in [2.75, 3.05) is 12.8 Å². The monoisotopic (exact) mass is 362 g/mol. The second-order valence-electron chi connectivity index (χ2n) is 4.53. The lowest BCUT2D eigenvalue weighted by molar-refractivity contribution is 0.0691. The van der Waals surface area contributed by atoms with Crippen LogP contribution in [0.2, 0.25) is 10.0 Å². The van der Waals surface area contributed by atoms with E-state index in [1.807, 2.05) is 0 Å². The molecule has 0 aliphatic carbocycles. The summed E-state index contributed by atoms with van der Waals surface area (Å²) in [6, 6.07) is 1.11. The third-order valence-corrected chi connectivity index (χ3v) is 3.96. The van der Waals surface area contributed by atoms with Crippen molar-refractivity contribution >= 4 is 34.9 Å². The molecule has 3 N–H and O–H groups in total. The molecule has 0 radical (unpaired) electrons. The third kappa shape index (κ3) is 2.77. The number of aromatic nitrogens is 1. The number of benzene rings is 1. The van der Waals surface area contributed by atoms with Crippen LogP contribution in [0.4, 0.5) is 14.5 Å². The summed E-state index contributed by atoms with van der Waals surface area (Å²) in [4.78, 5) is 14.7. The van der Waals surface area contributed by atoms with Gasteiger partial charge in [-0.25, -0.2) is 18.6 Å². The number of halogens is 4. The van der Waals surface area contributed by atoms with Crippen LogP contribution in [0.5, 0.6) is 5.75 Å². The third-order valence-electron chi connectivity index (χ3n) is 3.18. The summed E-state index contributed by atoms with van der Waals surface area (Å²) in [5, 5.41) is 8.57. The number of anilines is 1. The molecule has 0 saturated heterocycles. The molecule has 1 heterocycles. The number of nitrogen functional groups attached to an aromatic ring is 1. The van der Waals surface area contributed by atoms with Crippen molar-refractivity contribution in [3.8, 4) is 17.0 Å². The molecule has 2 aromatic rings. The lowest BCUT2D eigenvalue weighted by atomic mass is 10.0. The van der Waals surface area contributed by atoms with E-state index in [-0.39, 0.29) is 16.3 Å². The van der Waals surface area contributed by atoms with Gasteiger partial charge in [-0.2, -0.15) is 0 Å². The van der Waals surface area contributed by atoms with Gasteiger partial charge in [0.2, 0.25) is 0 Å². The summed E-state index contributed by atoms with van der Waals surface area (Å²) in [6.07, 6.45) is 0. The highest BCUT2D eigenvalue weighted by molar-refractivity contribution is 6.35. The Kier molecular flexibility index (Phi) is 4.63. The van der Waals surface area contributed by atoms with Crippen molar-refractivity contribution in [3.63, 3.8) is 0 Å². The fourth-order valence-corrected chi connectivity index (χ4v) is 2.39. The Morgan fingerprint density at radius 2 is 1.96 bits per heavy atom. The summed E-state index contributed by atoms with van der Waals surface area (Å²) in [7, 11) is 1.22. The minimum absolute atomic E-state index is 0.0878. The molecule has 1 aromatic heterocycles. The quantitative estimate of drug-likeness (QED) is 0.863. The van der Waals surface area contributed by atoms with Crippen LogP contribution < -0.4 is 10.5 Å². The Morgan fingerprint density at radius 3 is 2.48 bits per heavy atom. The summed E-state index contributed by atoms with van der Waals surface area (Å²) < 4.78 is 33.8. The van der Waals surface area contributed by atoms with Gasteiger partial charge >= 0.3 is 5.97 Å². The van der Waals surface area contributed by atoms with Gasteiger partial charge in [-0.3, -0.25) is 0 Å². The number of nitrogens with zero attached hydrogens (tertiary/aromatic N) is 1. The number of carboxylic acid groups (broad SMARTS) is 1. The lowest BCUT2D eigenvalue weighted by Gasteiger charge is -2.14. The maximum Gasteiger partial charge on any atom is 0.356 e. The van der Waals surface area contributed by atoms with E-state index >= 15 is 0 Å². The van der Waals surface area contributed by atoms with Crippen molar-refractivity contribution in [2.24, 2.45) is 0 Å². The number of aromatic carboxylic acids is 1.